The molecule has 0 radical (unpaired) electrons. The van der Waals surface area contributed by atoms with Crippen LogP contribution in [-0.2, 0) is 4.79 Å². The van der Waals surface area contributed by atoms with Crippen LogP contribution in [0.15, 0.2) is 0 Å². The van der Waals surface area contributed by atoms with Crippen LogP contribution in [0.5, 0.6) is 0 Å². The van der Waals surface area contributed by atoms with Crippen LogP contribution in [0.4, 0.5) is 10.7 Å². The molecule has 2 aliphatic rings. The largest absolute Gasteiger partial charge is 0.367 e. The van der Waals surface area contributed by atoms with E-state index in [0.717, 1.165) is 38.1 Å². The van der Waals surface area contributed by atoms with Crippen molar-refractivity contribution in [3.63, 3.8) is 0 Å². The van der Waals surface area contributed by atoms with Crippen molar-refractivity contribution in [2.75, 3.05) is 46.0 Å². The number of H-pyrrole nitrogens is 1. The number of aromatic nitrogens is 3. The van der Waals surface area contributed by atoms with Crippen molar-refractivity contribution in [1.82, 2.24) is 29.9 Å². The third kappa shape index (κ3) is 3.85. The van der Waals surface area contributed by atoms with Gasteiger partial charge < -0.3 is 20.4 Å². The number of carbonyl (C=O) groups is 2. The van der Waals surface area contributed by atoms with Gasteiger partial charge in [-0.25, -0.2) is 4.79 Å². The van der Waals surface area contributed by atoms with Crippen LogP contribution >= 0.6 is 0 Å². The van der Waals surface area contributed by atoms with Gasteiger partial charge in [0.1, 0.15) is 5.82 Å². The lowest BCUT2D eigenvalue weighted by Gasteiger charge is -2.38. The van der Waals surface area contributed by atoms with Crippen LogP contribution in [0.2, 0.25) is 0 Å². The average Bonchev–Trinajstić information content (AvgIpc) is 3.07. The SMILES string of the molecule is CN(C)C(=O)N1CCC[C@@H](C(=O)N2CCC(c3nc(N)n[nH]3)CC2)C1. The monoisotopic (exact) mass is 349 g/mol. The van der Waals surface area contributed by atoms with E-state index in [1.165, 1.54) is 0 Å². The summed E-state index contributed by atoms with van der Waals surface area (Å²) in [7, 11) is 3.49. The Labute approximate surface area is 147 Å². The number of anilines is 1. The van der Waals surface area contributed by atoms with Gasteiger partial charge in [0.15, 0.2) is 0 Å². The van der Waals surface area contributed by atoms with Crippen molar-refractivity contribution in [2.45, 2.75) is 31.6 Å². The highest BCUT2D eigenvalue weighted by Crippen LogP contribution is 2.28. The number of nitrogens with zero attached hydrogens (tertiary/aromatic N) is 5. The molecule has 2 aliphatic heterocycles. The fraction of sp³-hybridized carbons (Fsp3) is 0.750. The molecule has 3 N–H and O–H groups in total. The Hall–Kier alpha value is -2.32. The van der Waals surface area contributed by atoms with Crippen LogP contribution < -0.4 is 5.73 Å². The van der Waals surface area contributed by atoms with Gasteiger partial charge >= 0.3 is 6.03 Å². The zero-order valence-corrected chi connectivity index (χ0v) is 14.9. The maximum Gasteiger partial charge on any atom is 0.319 e. The summed E-state index contributed by atoms with van der Waals surface area (Å²) in [5, 5.41) is 6.75. The van der Waals surface area contributed by atoms with E-state index in [9.17, 15) is 9.59 Å². The molecule has 0 unspecified atom stereocenters. The summed E-state index contributed by atoms with van der Waals surface area (Å²) >= 11 is 0. The summed E-state index contributed by atoms with van der Waals surface area (Å²) in [6, 6.07) is -0.0147. The first kappa shape index (κ1) is 17.5. The highest BCUT2D eigenvalue weighted by molar-refractivity contribution is 5.81. The van der Waals surface area contributed by atoms with Crippen LogP contribution in [0, 0.1) is 5.92 Å². The van der Waals surface area contributed by atoms with Gasteiger partial charge in [0.05, 0.1) is 5.92 Å². The molecule has 3 amide bonds. The maximum absolute atomic E-state index is 12.9. The lowest BCUT2D eigenvalue weighted by Crippen LogP contribution is -2.50. The van der Waals surface area contributed by atoms with E-state index in [0.29, 0.717) is 19.6 Å². The first-order valence-electron chi connectivity index (χ1n) is 8.88. The van der Waals surface area contributed by atoms with E-state index < -0.39 is 0 Å². The molecule has 1 aromatic rings. The molecule has 3 heterocycles. The summed E-state index contributed by atoms with van der Waals surface area (Å²) in [4.78, 5) is 34.5. The van der Waals surface area contributed by atoms with Crippen LogP contribution in [0.1, 0.15) is 37.4 Å². The lowest BCUT2D eigenvalue weighted by molar-refractivity contribution is -0.138. The van der Waals surface area contributed by atoms with Gasteiger partial charge in [0, 0.05) is 46.2 Å². The number of rotatable bonds is 2. The topological polar surface area (TPSA) is 111 Å². The Morgan fingerprint density at radius 3 is 2.48 bits per heavy atom. The zero-order chi connectivity index (χ0) is 18.0. The number of carbonyl (C=O) groups excluding carboxylic acids is 2. The van der Waals surface area contributed by atoms with Gasteiger partial charge in [-0.3, -0.25) is 9.89 Å². The van der Waals surface area contributed by atoms with Gasteiger partial charge in [0.2, 0.25) is 11.9 Å². The van der Waals surface area contributed by atoms with Gasteiger partial charge in [-0.2, -0.15) is 4.98 Å². The number of hydrogen-bond donors (Lipinski definition) is 2. The first-order chi connectivity index (χ1) is 12.0. The number of urea groups is 1. The standard InChI is InChI=1S/C16H27N7O2/c1-21(2)16(25)23-7-3-4-12(10-23)14(24)22-8-5-11(6-9-22)13-18-15(17)20-19-13/h11-12H,3-10H2,1-2H3,(H3,17,18,19,20)/t12-/m1/s1. The summed E-state index contributed by atoms with van der Waals surface area (Å²) in [6.45, 7) is 2.68. The Bertz CT molecular complexity index is 622. The smallest absolute Gasteiger partial charge is 0.319 e. The van der Waals surface area contributed by atoms with E-state index >= 15 is 0 Å². The fourth-order valence-corrected chi connectivity index (χ4v) is 3.74. The van der Waals surface area contributed by atoms with Gasteiger partial charge in [-0.1, -0.05) is 0 Å². The van der Waals surface area contributed by atoms with Crippen LogP contribution in [0.25, 0.3) is 0 Å². The second-order valence-electron chi connectivity index (χ2n) is 7.14. The molecule has 0 saturated carbocycles. The van der Waals surface area contributed by atoms with Crippen molar-refractivity contribution in [1.29, 1.82) is 0 Å². The van der Waals surface area contributed by atoms with Crippen molar-refractivity contribution in [3.8, 4) is 0 Å². The minimum atomic E-state index is -0.0878. The van der Waals surface area contributed by atoms with E-state index in [-0.39, 0.29) is 29.7 Å². The van der Waals surface area contributed by atoms with Crippen molar-refractivity contribution >= 4 is 17.9 Å². The molecule has 9 heteroatoms. The molecular weight excluding hydrogens is 322 g/mol. The molecule has 2 saturated heterocycles. The van der Waals surface area contributed by atoms with Crippen molar-refractivity contribution < 1.29 is 9.59 Å². The highest BCUT2D eigenvalue weighted by Gasteiger charge is 2.34. The summed E-state index contributed by atoms with van der Waals surface area (Å²) in [5.74, 6) is 1.43. The number of likely N-dealkylation sites (tertiary alicyclic amines) is 2. The molecule has 3 rings (SSSR count). The second kappa shape index (κ2) is 7.28. The van der Waals surface area contributed by atoms with Crippen molar-refractivity contribution in [3.05, 3.63) is 5.82 Å². The minimum Gasteiger partial charge on any atom is -0.367 e. The van der Waals surface area contributed by atoms with E-state index in [1.807, 2.05) is 4.90 Å². The van der Waals surface area contributed by atoms with Gasteiger partial charge in [-0.15, -0.1) is 5.10 Å². The number of amides is 3. The first-order valence-corrected chi connectivity index (χ1v) is 8.88. The van der Waals surface area contributed by atoms with Crippen LogP contribution in [-0.4, -0.2) is 82.1 Å². The number of nitrogens with two attached hydrogens (primary N) is 1. The summed E-state index contributed by atoms with van der Waals surface area (Å²) in [6.07, 6.45) is 3.44. The molecule has 138 valence electrons. The number of aromatic amines is 1. The molecule has 0 aromatic carbocycles. The Morgan fingerprint density at radius 2 is 1.88 bits per heavy atom. The molecule has 0 aliphatic carbocycles. The predicted octanol–water partition coefficient (Wildman–Crippen LogP) is 0.487. The second-order valence-corrected chi connectivity index (χ2v) is 7.14. The predicted molar refractivity (Wildman–Crippen MR) is 92.7 cm³/mol. The minimum absolute atomic E-state index is 0.0147. The third-order valence-electron chi connectivity index (χ3n) is 5.14. The third-order valence-corrected chi connectivity index (χ3v) is 5.14. The molecule has 2 fully saturated rings. The number of hydrogen-bond acceptors (Lipinski definition) is 5. The fourth-order valence-electron chi connectivity index (χ4n) is 3.74. The zero-order valence-electron chi connectivity index (χ0n) is 14.9. The van der Waals surface area contributed by atoms with Gasteiger partial charge in [-0.05, 0) is 25.7 Å². The van der Waals surface area contributed by atoms with E-state index in [1.54, 1.807) is 23.9 Å². The Morgan fingerprint density at radius 1 is 1.16 bits per heavy atom. The molecule has 9 nitrogen and oxygen atoms in total. The highest BCUT2D eigenvalue weighted by atomic mass is 16.2. The Kier molecular flexibility index (Phi) is 5.10. The molecule has 1 aromatic heterocycles. The Balaban J connectivity index is 1.54. The maximum atomic E-state index is 12.9. The number of piperidine rings is 2. The van der Waals surface area contributed by atoms with E-state index in [4.69, 9.17) is 5.73 Å². The summed E-state index contributed by atoms with van der Waals surface area (Å²) in [5.41, 5.74) is 5.56. The molecule has 25 heavy (non-hydrogen) atoms. The molecule has 0 bridgehead atoms. The summed E-state index contributed by atoms with van der Waals surface area (Å²) < 4.78 is 0. The molecular formula is C16H27N7O2. The van der Waals surface area contributed by atoms with Crippen LogP contribution in [0.3, 0.4) is 0 Å². The van der Waals surface area contributed by atoms with E-state index in [2.05, 4.69) is 15.2 Å². The molecule has 0 spiro atoms. The molecule has 1 atom stereocenters. The quantitative estimate of drug-likeness (QED) is 0.807. The van der Waals surface area contributed by atoms with Crippen molar-refractivity contribution in [2.24, 2.45) is 5.92 Å². The van der Waals surface area contributed by atoms with Gasteiger partial charge in [0.25, 0.3) is 0 Å². The lowest BCUT2D eigenvalue weighted by atomic mass is 9.92. The number of nitrogen functional groups attached to an aromatic ring is 1. The number of nitrogens with one attached hydrogen (secondary N) is 1. The average molecular weight is 349 g/mol. The normalized spacial score (nSPS) is 22.1.